The molecule has 1 unspecified atom stereocenters. The van der Waals surface area contributed by atoms with Crippen molar-refractivity contribution in [3.63, 3.8) is 0 Å². The Balaban J connectivity index is 1.87. The van der Waals surface area contributed by atoms with Crippen LogP contribution in [0.3, 0.4) is 0 Å². The van der Waals surface area contributed by atoms with Crippen molar-refractivity contribution >= 4 is 11.6 Å². The number of benzene rings is 1. The van der Waals surface area contributed by atoms with Gasteiger partial charge in [-0.25, -0.2) is 0 Å². The first-order valence-corrected chi connectivity index (χ1v) is 7.57. The fourth-order valence-electron chi connectivity index (χ4n) is 3.13. The lowest BCUT2D eigenvalue weighted by Crippen LogP contribution is -2.34. The molecule has 0 spiro atoms. The molecule has 0 aromatic heterocycles. The molecule has 18 heavy (non-hydrogen) atoms. The van der Waals surface area contributed by atoms with Crippen LogP contribution in [0, 0.1) is 11.8 Å². The molecule has 1 aromatic carbocycles. The SMILES string of the molecule is CCC1CCC(C(N)Cc2cccc(Cl)c2)CC1. The maximum absolute atomic E-state index is 6.37. The molecule has 1 nitrogen and oxygen atoms in total. The predicted octanol–water partition coefficient (Wildman–Crippen LogP) is 4.43. The van der Waals surface area contributed by atoms with Gasteiger partial charge in [-0.1, -0.05) is 49.9 Å². The normalized spacial score (nSPS) is 25.9. The Bertz CT molecular complexity index is 369. The molecule has 0 radical (unpaired) electrons. The minimum atomic E-state index is 0.293. The van der Waals surface area contributed by atoms with Crippen LogP contribution >= 0.6 is 11.6 Å². The van der Waals surface area contributed by atoms with Crippen LogP contribution in [0.25, 0.3) is 0 Å². The summed E-state index contributed by atoms with van der Waals surface area (Å²) in [4.78, 5) is 0. The number of halogens is 1. The average Bonchev–Trinajstić information content (AvgIpc) is 2.39. The van der Waals surface area contributed by atoms with E-state index in [-0.39, 0.29) is 0 Å². The van der Waals surface area contributed by atoms with Gasteiger partial charge in [-0.15, -0.1) is 0 Å². The van der Waals surface area contributed by atoms with E-state index in [1.54, 1.807) is 0 Å². The van der Waals surface area contributed by atoms with Gasteiger partial charge in [-0.3, -0.25) is 0 Å². The van der Waals surface area contributed by atoms with Crippen molar-refractivity contribution in [3.05, 3.63) is 34.9 Å². The van der Waals surface area contributed by atoms with Crippen molar-refractivity contribution in [3.8, 4) is 0 Å². The van der Waals surface area contributed by atoms with Crippen molar-refractivity contribution in [1.29, 1.82) is 0 Å². The van der Waals surface area contributed by atoms with Crippen LogP contribution in [-0.4, -0.2) is 6.04 Å². The summed E-state index contributed by atoms with van der Waals surface area (Å²) in [6, 6.07) is 8.39. The summed E-state index contributed by atoms with van der Waals surface area (Å²) >= 11 is 6.01. The van der Waals surface area contributed by atoms with E-state index >= 15 is 0 Å². The third kappa shape index (κ3) is 3.73. The van der Waals surface area contributed by atoms with Gasteiger partial charge in [0.05, 0.1) is 0 Å². The fourth-order valence-corrected chi connectivity index (χ4v) is 3.34. The minimum Gasteiger partial charge on any atom is -0.327 e. The van der Waals surface area contributed by atoms with Crippen LogP contribution in [0.4, 0.5) is 0 Å². The Labute approximate surface area is 116 Å². The smallest absolute Gasteiger partial charge is 0.0408 e. The van der Waals surface area contributed by atoms with E-state index in [1.165, 1.54) is 37.7 Å². The summed E-state index contributed by atoms with van der Waals surface area (Å²) in [7, 11) is 0. The Hall–Kier alpha value is -0.530. The third-order valence-electron chi connectivity index (χ3n) is 4.43. The number of nitrogens with two attached hydrogens (primary N) is 1. The topological polar surface area (TPSA) is 26.0 Å². The second kappa shape index (κ2) is 6.58. The third-order valence-corrected chi connectivity index (χ3v) is 4.67. The molecule has 0 heterocycles. The maximum Gasteiger partial charge on any atom is 0.0408 e. The lowest BCUT2D eigenvalue weighted by molar-refractivity contribution is 0.238. The highest BCUT2D eigenvalue weighted by Gasteiger charge is 2.24. The van der Waals surface area contributed by atoms with Gasteiger partial charge in [-0.05, 0) is 48.8 Å². The molecule has 1 atom stereocenters. The molecule has 1 aliphatic carbocycles. The monoisotopic (exact) mass is 265 g/mol. The molecule has 0 bridgehead atoms. The van der Waals surface area contributed by atoms with Gasteiger partial charge >= 0.3 is 0 Å². The van der Waals surface area contributed by atoms with Crippen molar-refractivity contribution in [2.75, 3.05) is 0 Å². The van der Waals surface area contributed by atoms with E-state index in [0.717, 1.165) is 17.4 Å². The molecule has 0 aliphatic heterocycles. The summed E-state index contributed by atoms with van der Waals surface area (Å²) < 4.78 is 0. The molecule has 0 amide bonds. The highest BCUT2D eigenvalue weighted by Crippen LogP contribution is 2.32. The first-order valence-electron chi connectivity index (χ1n) is 7.19. The van der Waals surface area contributed by atoms with E-state index in [2.05, 4.69) is 13.0 Å². The Morgan fingerprint density at radius 1 is 1.28 bits per heavy atom. The second-order valence-corrected chi connectivity index (χ2v) is 6.12. The lowest BCUT2D eigenvalue weighted by atomic mass is 9.76. The van der Waals surface area contributed by atoms with E-state index < -0.39 is 0 Å². The zero-order valence-electron chi connectivity index (χ0n) is 11.2. The van der Waals surface area contributed by atoms with Crippen molar-refractivity contribution in [2.45, 2.75) is 51.5 Å². The first kappa shape index (κ1) is 13.9. The van der Waals surface area contributed by atoms with Crippen molar-refractivity contribution in [1.82, 2.24) is 0 Å². The van der Waals surface area contributed by atoms with E-state index in [1.807, 2.05) is 18.2 Å². The van der Waals surface area contributed by atoms with Gasteiger partial charge < -0.3 is 5.73 Å². The molecule has 2 rings (SSSR count). The van der Waals surface area contributed by atoms with Crippen LogP contribution in [0.2, 0.25) is 5.02 Å². The van der Waals surface area contributed by atoms with Gasteiger partial charge in [0.25, 0.3) is 0 Å². The van der Waals surface area contributed by atoms with Gasteiger partial charge in [-0.2, -0.15) is 0 Å². The first-order chi connectivity index (χ1) is 8.69. The van der Waals surface area contributed by atoms with Gasteiger partial charge in [0.15, 0.2) is 0 Å². The highest BCUT2D eigenvalue weighted by atomic mass is 35.5. The number of rotatable bonds is 4. The molecule has 2 N–H and O–H groups in total. The molecule has 0 saturated heterocycles. The quantitative estimate of drug-likeness (QED) is 0.857. The fraction of sp³-hybridized carbons (Fsp3) is 0.625. The zero-order chi connectivity index (χ0) is 13.0. The Kier molecular flexibility index (Phi) is 5.08. The van der Waals surface area contributed by atoms with Gasteiger partial charge in [0, 0.05) is 11.1 Å². The summed E-state index contributed by atoms with van der Waals surface area (Å²) in [5, 5.41) is 0.814. The summed E-state index contributed by atoms with van der Waals surface area (Å²) in [6.07, 6.45) is 7.63. The van der Waals surface area contributed by atoms with E-state index in [0.29, 0.717) is 12.0 Å². The van der Waals surface area contributed by atoms with Crippen LogP contribution in [0.5, 0.6) is 0 Å². The molecule has 2 heteroatoms. The second-order valence-electron chi connectivity index (χ2n) is 5.69. The maximum atomic E-state index is 6.37. The zero-order valence-corrected chi connectivity index (χ0v) is 12.0. The van der Waals surface area contributed by atoms with Crippen LogP contribution in [0.15, 0.2) is 24.3 Å². The van der Waals surface area contributed by atoms with E-state index in [9.17, 15) is 0 Å². The van der Waals surface area contributed by atoms with E-state index in [4.69, 9.17) is 17.3 Å². The predicted molar refractivity (Wildman–Crippen MR) is 78.9 cm³/mol. The summed E-state index contributed by atoms with van der Waals surface area (Å²) in [5.41, 5.74) is 7.65. The van der Waals surface area contributed by atoms with Crippen LogP contribution < -0.4 is 5.73 Å². The molecule has 100 valence electrons. The van der Waals surface area contributed by atoms with Crippen LogP contribution in [0.1, 0.15) is 44.6 Å². The molecular formula is C16H24ClN. The molecule has 1 fully saturated rings. The summed E-state index contributed by atoms with van der Waals surface area (Å²) in [6.45, 7) is 2.30. The standard InChI is InChI=1S/C16H24ClN/c1-2-12-6-8-14(9-7-12)16(18)11-13-4-3-5-15(17)10-13/h3-5,10,12,14,16H,2,6-9,11,18H2,1H3. The van der Waals surface area contributed by atoms with Crippen molar-refractivity contribution in [2.24, 2.45) is 17.6 Å². The molecule has 1 aromatic rings. The van der Waals surface area contributed by atoms with Crippen LogP contribution in [-0.2, 0) is 6.42 Å². The molecule has 1 aliphatic rings. The highest BCUT2D eigenvalue weighted by molar-refractivity contribution is 6.30. The molecule has 1 saturated carbocycles. The minimum absolute atomic E-state index is 0.293. The van der Waals surface area contributed by atoms with Gasteiger partial charge in [0.1, 0.15) is 0 Å². The largest absolute Gasteiger partial charge is 0.327 e. The Morgan fingerprint density at radius 2 is 2.00 bits per heavy atom. The van der Waals surface area contributed by atoms with Gasteiger partial charge in [0.2, 0.25) is 0 Å². The van der Waals surface area contributed by atoms with Crippen molar-refractivity contribution < 1.29 is 0 Å². The summed E-state index contributed by atoms with van der Waals surface area (Å²) in [5.74, 6) is 1.64. The Morgan fingerprint density at radius 3 is 2.61 bits per heavy atom. The number of hydrogen-bond donors (Lipinski definition) is 1. The number of hydrogen-bond acceptors (Lipinski definition) is 1. The molecular weight excluding hydrogens is 242 g/mol. The lowest BCUT2D eigenvalue weighted by Gasteiger charge is -2.31. The average molecular weight is 266 g/mol.